The van der Waals surface area contributed by atoms with Gasteiger partial charge in [0.25, 0.3) is 0 Å². The molecule has 0 saturated carbocycles. The first kappa shape index (κ1) is 14.4. The Morgan fingerprint density at radius 3 is 2.77 bits per heavy atom. The molecule has 1 atom stereocenters. The fraction of sp³-hybridized carbons (Fsp3) is 0.294. The minimum Gasteiger partial charge on any atom is -0.481 e. The topological polar surface area (TPSA) is 70.8 Å². The van der Waals surface area contributed by atoms with Crippen molar-refractivity contribution in [3.63, 3.8) is 0 Å². The van der Waals surface area contributed by atoms with Crippen molar-refractivity contribution < 1.29 is 19.1 Å². The quantitative estimate of drug-likeness (QED) is 0.941. The van der Waals surface area contributed by atoms with Crippen LogP contribution in [0.25, 0.3) is 0 Å². The summed E-state index contributed by atoms with van der Waals surface area (Å²) in [6, 6.07) is 11.0. The first-order valence-electron chi connectivity index (χ1n) is 7.26. The summed E-state index contributed by atoms with van der Waals surface area (Å²) < 4.78 is 5.22. The first-order valence-corrected chi connectivity index (χ1v) is 7.26. The van der Waals surface area contributed by atoms with Crippen LogP contribution in [0.2, 0.25) is 0 Å². The number of hydrogen-bond donors (Lipinski definition) is 1. The molecule has 1 amide bonds. The summed E-state index contributed by atoms with van der Waals surface area (Å²) >= 11 is 0. The van der Waals surface area contributed by atoms with E-state index in [0.29, 0.717) is 19.4 Å². The van der Waals surface area contributed by atoms with Crippen LogP contribution in [0.15, 0.2) is 47.1 Å². The first-order chi connectivity index (χ1) is 10.6. The highest BCUT2D eigenvalue weighted by Gasteiger charge is 2.32. The molecule has 0 aliphatic carbocycles. The molecule has 1 aliphatic rings. The van der Waals surface area contributed by atoms with Crippen LogP contribution in [0.4, 0.5) is 0 Å². The third-order valence-corrected chi connectivity index (χ3v) is 4.01. The van der Waals surface area contributed by atoms with Gasteiger partial charge in [-0.25, -0.2) is 0 Å². The number of carboxylic acid groups (broad SMARTS) is 1. The number of furan rings is 1. The van der Waals surface area contributed by atoms with Crippen LogP contribution in [0.3, 0.4) is 0 Å². The number of amides is 1. The Kier molecular flexibility index (Phi) is 3.96. The Balaban J connectivity index is 1.73. The molecule has 5 heteroatoms. The van der Waals surface area contributed by atoms with E-state index in [2.05, 4.69) is 0 Å². The van der Waals surface area contributed by atoms with Gasteiger partial charge in [0.1, 0.15) is 5.76 Å². The molecular weight excluding hydrogens is 282 g/mol. The number of carbonyl (C=O) groups excluding carboxylic acids is 1. The van der Waals surface area contributed by atoms with Gasteiger partial charge in [0.15, 0.2) is 0 Å². The van der Waals surface area contributed by atoms with Gasteiger partial charge in [0.05, 0.1) is 12.2 Å². The summed E-state index contributed by atoms with van der Waals surface area (Å²) in [6.07, 6.45) is 2.43. The number of rotatable bonds is 4. The summed E-state index contributed by atoms with van der Waals surface area (Å²) in [6.45, 7) is 0.695. The zero-order valence-electron chi connectivity index (χ0n) is 12.1. The highest BCUT2D eigenvalue weighted by molar-refractivity contribution is 5.81. The summed E-state index contributed by atoms with van der Waals surface area (Å²) in [5.74, 6) is -0.828. The third kappa shape index (κ3) is 2.88. The summed E-state index contributed by atoms with van der Waals surface area (Å²) in [5.41, 5.74) is 1.72. The van der Waals surface area contributed by atoms with Gasteiger partial charge in [-0.2, -0.15) is 0 Å². The molecule has 22 heavy (non-hydrogen) atoms. The standard InChI is InChI=1S/C17H17NO4/c19-16(8-7-13-5-3-9-22-13)18-10-12-4-1-2-6-14(12)15(11-18)17(20)21/h1-6,9,15H,7-8,10-11H2,(H,20,21). The molecule has 0 radical (unpaired) electrons. The second-order valence-electron chi connectivity index (χ2n) is 5.44. The monoisotopic (exact) mass is 299 g/mol. The zero-order chi connectivity index (χ0) is 15.5. The van der Waals surface area contributed by atoms with E-state index in [-0.39, 0.29) is 12.5 Å². The van der Waals surface area contributed by atoms with Crippen LogP contribution in [0, 0.1) is 0 Å². The molecular formula is C17H17NO4. The van der Waals surface area contributed by atoms with E-state index in [1.165, 1.54) is 0 Å². The minimum atomic E-state index is -0.893. The van der Waals surface area contributed by atoms with Crippen LogP contribution < -0.4 is 0 Å². The molecule has 1 aromatic heterocycles. The van der Waals surface area contributed by atoms with Crippen molar-refractivity contribution in [2.24, 2.45) is 0 Å². The van der Waals surface area contributed by atoms with Gasteiger partial charge >= 0.3 is 5.97 Å². The second-order valence-corrected chi connectivity index (χ2v) is 5.44. The van der Waals surface area contributed by atoms with Crippen LogP contribution in [-0.4, -0.2) is 28.4 Å². The molecule has 1 unspecified atom stereocenters. The molecule has 3 rings (SSSR count). The van der Waals surface area contributed by atoms with Crippen molar-refractivity contribution in [2.45, 2.75) is 25.3 Å². The second kappa shape index (κ2) is 6.05. The molecule has 2 aromatic rings. The van der Waals surface area contributed by atoms with Crippen molar-refractivity contribution in [1.82, 2.24) is 4.90 Å². The van der Waals surface area contributed by atoms with E-state index in [4.69, 9.17) is 4.42 Å². The predicted molar refractivity (Wildman–Crippen MR) is 79.3 cm³/mol. The Labute approximate surface area is 128 Å². The smallest absolute Gasteiger partial charge is 0.312 e. The molecule has 0 fully saturated rings. The number of hydrogen-bond acceptors (Lipinski definition) is 3. The lowest BCUT2D eigenvalue weighted by Gasteiger charge is -2.32. The van der Waals surface area contributed by atoms with Crippen molar-refractivity contribution in [3.05, 3.63) is 59.5 Å². The van der Waals surface area contributed by atoms with Crippen molar-refractivity contribution in [3.8, 4) is 0 Å². The van der Waals surface area contributed by atoms with Crippen LogP contribution in [0.5, 0.6) is 0 Å². The van der Waals surface area contributed by atoms with E-state index < -0.39 is 11.9 Å². The van der Waals surface area contributed by atoms with Gasteiger partial charge in [0.2, 0.25) is 5.91 Å². The van der Waals surface area contributed by atoms with Crippen LogP contribution in [0.1, 0.15) is 29.2 Å². The number of carbonyl (C=O) groups is 2. The van der Waals surface area contributed by atoms with E-state index in [1.54, 1.807) is 17.2 Å². The zero-order valence-corrected chi connectivity index (χ0v) is 12.1. The van der Waals surface area contributed by atoms with Crippen molar-refractivity contribution in [1.29, 1.82) is 0 Å². The van der Waals surface area contributed by atoms with E-state index in [0.717, 1.165) is 16.9 Å². The molecule has 0 bridgehead atoms. The molecule has 5 nitrogen and oxygen atoms in total. The number of nitrogens with zero attached hydrogens (tertiary/aromatic N) is 1. The number of aryl methyl sites for hydroxylation is 1. The summed E-state index contributed by atoms with van der Waals surface area (Å²) in [5, 5.41) is 9.41. The summed E-state index contributed by atoms with van der Waals surface area (Å²) in [7, 11) is 0. The van der Waals surface area contributed by atoms with Gasteiger partial charge in [-0.05, 0) is 23.3 Å². The number of benzene rings is 1. The fourth-order valence-corrected chi connectivity index (χ4v) is 2.85. The van der Waals surface area contributed by atoms with Crippen molar-refractivity contribution in [2.75, 3.05) is 6.54 Å². The average Bonchev–Trinajstić information content (AvgIpc) is 3.04. The lowest BCUT2D eigenvalue weighted by Crippen LogP contribution is -2.40. The minimum absolute atomic E-state index is 0.0443. The lowest BCUT2D eigenvalue weighted by molar-refractivity contribution is -0.141. The van der Waals surface area contributed by atoms with E-state index in [9.17, 15) is 14.7 Å². The number of carboxylic acids is 1. The molecule has 1 N–H and O–H groups in total. The maximum absolute atomic E-state index is 12.4. The highest BCUT2D eigenvalue weighted by Crippen LogP contribution is 2.28. The van der Waals surface area contributed by atoms with Crippen molar-refractivity contribution >= 4 is 11.9 Å². The van der Waals surface area contributed by atoms with Gasteiger partial charge in [0, 0.05) is 25.9 Å². The number of aliphatic carboxylic acids is 1. The SMILES string of the molecule is O=C(O)C1CN(C(=O)CCc2ccco2)Cc2ccccc21. The Morgan fingerprint density at radius 1 is 1.23 bits per heavy atom. The Bertz CT molecular complexity index is 678. The number of fused-ring (bicyclic) bond motifs is 1. The molecule has 1 aromatic carbocycles. The Hall–Kier alpha value is -2.56. The maximum Gasteiger partial charge on any atom is 0.312 e. The van der Waals surface area contributed by atoms with E-state index in [1.807, 2.05) is 30.3 Å². The molecule has 0 saturated heterocycles. The van der Waals surface area contributed by atoms with Crippen LogP contribution >= 0.6 is 0 Å². The lowest BCUT2D eigenvalue weighted by atomic mass is 9.89. The molecule has 0 spiro atoms. The van der Waals surface area contributed by atoms with Gasteiger partial charge < -0.3 is 14.4 Å². The summed E-state index contributed by atoms with van der Waals surface area (Å²) in [4.78, 5) is 25.5. The maximum atomic E-state index is 12.4. The van der Waals surface area contributed by atoms with Gasteiger partial charge in [-0.1, -0.05) is 24.3 Å². The largest absolute Gasteiger partial charge is 0.481 e. The molecule has 114 valence electrons. The molecule has 2 heterocycles. The Morgan fingerprint density at radius 2 is 2.05 bits per heavy atom. The predicted octanol–water partition coefficient (Wildman–Crippen LogP) is 2.42. The third-order valence-electron chi connectivity index (χ3n) is 4.01. The normalized spacial score (nSPS) is 17.1. The average molecular weight is 299 g/mol. The van der Waals surface area contributed by atoms with E-state index >= 15 is 0 Å². The molecule has 1 aliphatic heterocycles. The van der Waals surface area contributed by atoms with Crippen LogP contribution in [-0.2, 0) is 22.6 Å². The fourth-order valence-electron chi connectivity index (χ4n) is 2.85. The van der Waals surface area contributed by atoms with Gasteiger partial charge in [-0.15, -0.1) is 0 Å². The highest BCUT2D eigenvalue weighted by atomic mass is 16.4. The van der Waals surface area contributed by atoms with Gasteiger partial charge in [-0.3, -0.25) is 9.59 Å².